The molecule has 5 heteroatoms. The van der Waals surface area contributed by atoms with Gasteiger partial charge >= 0.3 is 0 Å². The second-order valence-electron chi connectivity index (χ2n) is 3.02. The smallest absolute Gasteiger partial charge is 0.255 e. The first kappa shape index (κ1) is 8.96. The van der Waals surface area contributed by atoms with Crippen LogP contribution in [0.3, 0.4) is 0 Å². The van der Waals surface area contributed by atoms with Crippen LogP contribution < -0.4 is 0 Å². The predicted octanol–water partition coefficient (Wildman–Crippen LogP) is 1.69. The molecule has 2 heterocycles. The lowest BCUT2D eigenvalue weighted by molar-refractivity contribution is 0.152. The average Bonchev–Trinajstić information content (AvgIpc) is 2.71. The highest BCUT2D eigenvalue weighted by atomic mass is 16.5. The summed E-state index contributed by atoms with van der Waals surface area (Å²) in [6, 6.07) is 1.76. The molecule has 0 saturated carbocycles. The van der Waals surface area contributed by atoms with Crippen LogP contribution in [-0.4, -0.2) is 15.2 Å². The van der Waals surface area contributed by atoms with Crippen LogP contribution in [-0.2, 0) is 0 Å². The number of nitrogens with zero attached hydrogens (tertiary/aromatic N) is 2. The molecular weight excluding hydrogens is 184 g/mol. The van der Waals surface area contributed by atoms with Crippen molar-refractivity contribution >= 4 is 0 Å². The van der Waals surface area contributed by atoms with Crippen molar-refractivity contribution in [3.8, 4) is 11.4 Å². The maximum atomic E-state index is 9.18. The maximum Gasteiger partial charge on any atom is 0.255 e. The predicted molar refractivity (Wildman–Crippen MR) is 47.4 cm³/mol. The lowest BCUT2D eigenvalue weighted by Gasteiger charge is -1.92. The molecule has 0 amide bonds. The quantitative estimate of drug-likeness (QED) is 0.787. The van der Waals surface area contributed by atoms with E-state index in [4.69, 9.17) is 8.94 Å². The van der Waals surface area contributed by atoms with E-state index in [1.165, 1.54) is 0 Å². The van der Waals surface area contributed by atoms with Gasteiger partial charge in [0.15, 0.2) is 0 Å². The number of hydrogen-bond acceptors (Lipinski definition) is 5. The number of aryl methyl sites for hydroxylation is 1. The van der Waals surface area contributed by atoms with Crippen molar-refractivity contribution in [1.82, 2.24) is 10.1 Å². The molecule has 0 bridgehead atoms. The van der Waals surface area contributed by atoms with Crippen molar-refractivity contribution in [3.05, 3.63) is 24.0 Å². The van der Waals surface area contributed by atoms with Crippen molar-refractivity contribution in [2.24, 2.45) is 0 Å². The maximum absolute atomic E-state index is 9.18. The number of furan rings is 1. The first-order valence-electron chi connectivity index (χ1n) is 4.24. The summed E-state index contributed by atoms with van der Waals surface area (Å²) in [4.78, 5) is 4.03. The van der Waals surface area contributed by atoms with Crippen molar-refractivity contribution in [2.75, 3.05) is 0 Å². The van der Waals surface area contributed by atoms with Gasteiger partial charge in [0.1, 0.15) is 11.9 Å². The van der Waals surface area contributed by atoms with Crippen LogP contribution in [0.1, 0.15) is 24.7 Å². The van der Waals surface area contributed by atoms with E-state index >= 15 is 0 Å². The lowest BCUT2D eigenvalue weighted by atomic mass is 10.2. The van der Waals surface area contributed by atoms with Gasteiger partial charge in [-0.05, 0) is 19.9 Å². The minimum absolute atomic E-state index is 0.209. The van der Waals surface area contributed by atoms with E-state index in [1.54, 1.807) is 19.3 Å². The van der Waals surface area contributed by atoms with E-state index in [2.05, 4.69) is 10.1 Å². The molecule has 2 aromatic rings. The largest absolute Gasteiger partial charge is 0.469 e. The van der Waals surface area contributed by atoms with Gasteiger partial charge in [0.05, 0.1) is 11.8 Å². The zero-order valence-corrected chi connectivity index (χ0v) is 7.89. The van der Waals surface area contributed by atoms with Crippen molar-refractivity contribution in [3.63, 3.8) is 0 Å². The highest BCUT2D eigenvalue weighted by Crippen LogP contribution is 2.22. The van der Waals surface area contributed by atoms with Gasteiger partial charge in [0, 0.05) is 0 Å². The molecule has 5 nitrogen and oxygen atoms in total. The van der Waals surface area contributed by atoms with Gasteiger partial charge in [-0.1, -0.05) is 5.16 Å². The molecule has 1 N–H and O–H groups in total. The Balaban J connectivity index is 2.39. The standard InChI is InChI=1S/C9H10N2O3/c1-5(12)9-10-8(11-14-9)7-3-4-13-6(7)2/h3-5,12H,1-2H3/t5-/m0/s1. The Labute approximate surface area is 80.4 Å². The second-order valence-corrected chi connectivity index (χ2v) is 3.02. The molecule has 0 spiro atoms. The van der Waals surface area contributed by atoms with E-state index in [0.29, 0.717) is 5.82 Å². The molecule has 0 aliphatic rings. The molecule has 0 aromatic carbocycles. The molecule has 0 saturated heterocycles. The SMILES string of the molecule is Cc1occc1-c1noc([C@H](C)O)n1. The van der Waals surface area contributed by atoms with Crippen LogP contribution in [0.4, 0.5) is 0 Å². The molecule has 74 valence electrons. The van der Waals surface area contributed by atoms with Crippen molar-refractivity contribution < 1.29 is 14.0 Å². The first-order chi connectivity index (χ1) is 6.68. The fourth-order valence-electron chi connectivity index (χ4n) is 1.13. The molecule has 2 aromatic heterocycles. The van der Waals surface area contributed by atoms with Crippen LogP contribution in [0, 0.1) is 6.92 Å². The summed E-state index contributed by atoms with van der Waals surface area (Å²) in [6.45, 7) is 3.38. The summed E-state index contributed by atoms with van der Waals surface area (Å²) in [6.07, 6.45) is 0.812. The summed E-state index contributed by atoms with van der Waals surface area (Å²) < 4.78 is 9.96. The first-order valence-corrected chi connectivity index (χ1v) is 4.24. The fraction of sp³-hybridized carbons (Fsp3) is 0.333. The second kappa shape index (κ2) is 3.26. The number of aliphatic hydroxyl groups excluding tert-OH is 1. The summed E-state index contributed by atoms with van der Waals surface area (Å²) in [7, 11) is 0. The summed E-state index contributed by atoms with van der Waals surface area (Å²) >= 11 is 0. The summed E-state index contributed by atoms with van der Waals surface area (Å²) in [5.41, 5.74) is 0.778. The number of hydrogen-bond donors (Lipinski definition) is 1. The molecule has 0 aliphatic heterocycles. The van der Waals surface area contributed by atoms with Crippen LogP contribution in [0.2, 0.25) is 0 Å². The summed E-state index contributed by atoms with van der Waals surface area (Å²) in [5.74, 6) is 1.37. The van der Waals surface area contributed by atoms with Gasteiger partial charge in [-0.25, -0.2) is 0 Å². The monoisotopic (exact) mass is 194 g/mol. The average molecular weight is 194 g/mol. The minimum atomic E-state index is -0.747. The third kappa shape index (κ3) is 1.42. The van der Waals surface area contributed by atoms with Crippen molar-refractivity contribution in [1.29, 1.82) is 0 Å². The molecule has 1 atom stereocenters. The van der Waals surface area contributed by atoms with Gasteiger partial charge in [0.25, 0.3) is 5.89 Å². The highest BCUT2D eigenvalue weighted by molar-refractivity contribution is 5.56. The number of aliphatic hydroxyl groups is 1. The fourth-order valence-corrected chi connectivity index (χ4v) is 1.13. The van der Waals surface area contributed by atoms with Crippen LogP contribution >= 0.6 is 0 Å². The van der Waals surface area contributed by atoms with Gasteiger partial charge in [-0.2, -0.15) is 4.98 Å². The Hall–Kier alpha value is -1.62. The Morgan fingerprint density at radius 2 is 2.29 bits per heavy atom. The lowest BCUT2D eigenvalue weighted by Crippen LogP contribution is -1.90. The Bertz CT molecular complexity index is 431. The minimum Gasteiger partial charge on any atom is -0.469 e. The molecular formula is C9H10N2O3. The third-order valence-electron chi connectivity index (χ3n) is 1.90. The van der Waals surface area contributed by atoms with Crippen molar-refractivity contribution in [2.45, 2.75) is 20.0 Å². The van der Waals surface area contributed by atoms with E-state index in [-0.39, 0.29) is 5.89 Å². The normalized spacial score (nSPS) is 13.1. The molecule has 0 radical (unpaired) electrons. The van der Waals surface area contributed by atoms with Gasteiger partial charge < -0.3 is 14.0 Å². The summed E-state index contributed by atoms with van der Waals surface area (Å²) in [5, 5.41) is 12.9. The van der Waals surface area contributed by atoms with Crippen LogP contribution in [0.15, 0.2) is 21.3 Å². The van der Waals surface area contributed by atoms with Gasteiger partial charge in [-0.3, -0.25) is 0 Å². The van der Waals surface area contributed by atoms with Gasteiger partial charge in [0.2, 0.25) is 5.82 Å². The topological polar surface area (TPSA) is 72.3 Å². The zero-order chi connectivity index (χ0) is 10.1. The molecule has 0 aliphatic carbocycles. The number of rotatable bonds is 2. The molecule has 0 fully saturated rings. The molecule has 0 unspecified atom stereocenters. The number of aromatic nitrogens is 2. The Morgan fingerprint density at radius 3 is 2.79 bits per heavy atom. The molecule has 2 rings (SSSR count). The Morgan fingerprint density at radius 1 is 1.50 bits per heavy atom. The van der Waals surface area contributed by atoms with E-state index < -0.39 is 6.10 Å². The molecule has 14 heavy (non-hydrogen) atoms. The zero-order valence-electron chi connectivity index (χ0n) is 7.89. The Kier molecular flexibility index (Phi) is 2.09. The highest BCUT2D eigenvalue weighted by Gasteiger charge is 2.15. The van der Waals surface area contributed by atoms with Crippen LogP contribution in [0.5, 0.6) is 0 Å². The van der Waals surface area contributed by atoms with E-state index in [9.17, 15) is 5.11 Å². The van der Waals surface area contributed by atoms with E-state index in [0.717, 1.165) is 11.3 Å². The van der Waals surface area contributed by atoms with Crippen LogP contribution in [0.25, 0.3) is 11.4 Å². The third-order valence-corrected chi connectivity index (χ3v) is 1.90. The van der Waals surface area contributed by atoms with E-state index in [1.807, 2.05) is 6.92 Å². The van der Waals surface area contributed by atoms with Gasteiger partial charge in [-0.15, -0.1) is 0 Å².